The SMILES string of the molecule is NC1CCCCC1.OCO.OCO. The van der Waals surface area contributed by atoms with Gasteiger partial charge in [-0.3, -0.25) is 0 Å². The van der Waals surface area contributed by atoms with Gasteiger partial charge in [-0.2, -0.15) is 0 Å². The van der Waals surface area contributed by atoms with Crippen molar-refractivity contribution in [3.63, 3.8) is 0 Å². The van der Waals surface area contributed by atoms with Gasteiger partial charge >= 0.3 is 0 Å². The summed E-state index contributed by atoms with van der Waals surface area (Å²) in [4.78, 5) is 0. The van der Waals surface area contributed by atoms with Crippen LogP contribution in [0.2, 0.25) is 0 Å². The van der Waals surface area contributed by atoms with Gasteiger partial charge in [0.05, 0.1) is 0 Å². The predicted octanol–water partition coefficient (Wildman–Crippen LogP) is -0.865. The lowest BCUT2D eigenvalue weighted by molar-refractivity contribution is 0.0767. The van der Waals surface area contributed by atoms with Gasteiger partial charge in [0.2, 0.25) is 0 Å². The molecule has 0 aromatic carbocycles. The van der Waals surface area contributed by atoms with Crippen LogP contribution in [0.5, 0.6) is 0 Å². The summed E-state index contributed by atoms with van der Waals surface area (Å²) in [5.41, 5.74) is 5.63. The standard InChI is InChI=1S/C6H13N.2CH4O2/c7-6-4-2-1-3-5-6;2*2-1-3/h6H,1-5,7H2;2*2-3H,1H2. The fourth-order valence-corrected chi connectivity index (χ4v) is 1.13. The van der Waals surface area contributed by atoms with Gasteiger partial charge < -0.3 is 26.2 Å². The first kappa shape index (κ1) is 15.3. The van der Waals surface area contributed by atoms with Crippen molar-refractivity contribution >= 4 is 0 Å². The van der Waals surface area contributed by atoms with Crippen LogP contribution < -0.4 is 5.73 Å². The van der Waals surface area contributed by atoms with Crippen molar-refractivity contribution in [3.05, 3.63) is 0 Å². The maximum Gasteiger partial charge on any atom is 0.140 e. The lowest BCUT2D eigenvalue weighted by Gasteiger charge is -2.15. The average molecular weight is 195 g/mol. The van der Waals surface area contributed by atoms with Crippen molar-refractivity contribution in [2.24, 2.45) is 5.73 Å². The van der Waals surface area contributed by atoms with E-state index in [9.17, 15) is 0 Å². The zero-order valence-corrected chi connectivity index (χ0v) is 7.89. The third-order valence-electron chi connectivity index (χ3n) is 1.65. The van der Waals surface area contributed by atoms with Crippen molar-refractivity contribution in [2.45, 2.75) is 38.1 Å². The molecule has 0 amide bonds. The molecule has 13 heavy (non-hydrogen) atoms. The minimum absolute atomic E-state index is 0.536. The Morgan fingerprint density at radius 2 is 1.15 bits per heavy atom. The van der Waals surface area contributed by atoms with E-state index in [0.717, 1.165) is 0 Å². The molecule has 1 aliphatic rings. The van der Waals surface area contributed by atoms with Crippen LogP contribution in [0.4, 0.5) is 0 Å². The van der Waals surface area contributed by atoms with Crippen LogP contribution in [0.25, 0.3) is 0 Å². The molecule has 0 radical (unpaired) electrons. The van der Waals surface area contributed by atoms with Crippen molar-refractivity contribution < 1.29 is 20.4 Å². The van der Waals surface area contributed by atoms with Gasteiger partial charge in [-0.25, -0.2) is 0 Å². The van der Waals surface area contributed by atoms with E-state index in [2.05, 4.69) is 0 Å². The molecule has 0 aromatic heterocycles. The Bertz CT molecular complexity index is 74.5. The number of aliphatic hydroxyl groups excluding tert-OH is 2. The predicted molar refractivity (Wildman–Crippen MR) is 49.7 cm³/mol. The first-order chi connectivity index (χ1) is 6.22. The van der Waals surface area contributed by atoms with Gasteiger partial charge in [0.1, 0.15) is 13.6 Å². The quantitative estimate of drug-likeness (QED) is 0.323. The van der Waals surface area contributed by atoms with E-state index in [1.54, 1.807) is 0 Å². The highest BCUT2D eigenvalue weighted by atomic mass is 16.5. The Morgan fingerprint density at radius 1 is 0.846 bits per heavy atom. The Labute approximate surface area is 78.8 Å². The minimum atomic E-state index is -0.750. The van der Waals surface area contributed by atoms with Crippen molar-refractivity contribution in [1.29, 1.82) is 0 Å². The fourth-order valence-electron chi connectivity index (χ4n) is 1.13. The van der Waals surface area contributed by atoms with E-state index in [1.165, 1.54) is 32.1 Å². The number of hydrogen-bond acceptors (Lipinski definition) is 5. The van der Waals surface area contributed by atoms with Crippen molar-refractivity contribution in [2.75, 3.05) is 13.6 Å². The minimum Gasteiger partial charge on any atom is -0.371 e. The summed E-state index contributed by atoms with van der Waals surface area (Å²) in [5.74, 6) is 0. The smallest absolute Gasteiger partial charge is 0.140 e. The Balaban J connectivity index is 0. The van der Waals surface area contributed by atoms with Crippen molar-refractivity contribution in [1.82, 2.24) is 0 Å². The van der Waals surface area contributed by atoms with Crippen LogP contribution in [0, 0.1) is 0 Å². The molecule has 5 heteroatoms. The van der Waals surface area contributed by atoms with Crippen LogP contribution in [0.1, 0.15) is 32.1 Å². The second kappa shape index (κ2) is 14.3. The molecule has 0 atom stereocenters. The molecular weight excluding hydrogens is 174 g/mol. The number of rotatable bonds is 0. The summed E-state index contributed by atoms with van der Waals surface area (Å²) in [7, 11) is 0. The van der Waals surface area contributed by atoms with Gasteiger partial charge in [0.15, 0.2) is 0 Å². The van der Waals surface area contributed by atoms with Crippen molar-refractivity contribution in [3.8, 4) is 0 Å². The molecule has 82 valence electrons. The monoisotopic (exact) mass is 195 g/mol. The summed E-state index contributed by atoms with van der Waals surface area (Å²) in [5, 5.41) is 28.5. The van der Waals surface area contributed by atoms with Crippen LogP contribution in [0.3, 0.4) is 0 Å². The summed E-state index contributed by atoms with van der Waals surface area (Å²) in [6, 6.07) is 0.536. The van der Waals surface area contributed by atoms with Gasteiger partial charge in [-0.05, 0) is 12.8 Å². The van der Waals surface area contributed by atoms with Gasteiger partial charge in [0, 0.05) is 6.04 Å². The Hall–Kier alpha value is -0.200. The second-order valence-electron chi connectivity index (χ2n) is 2.68. The molecule has 0 aliphatic heterocycles. The first-order valence-electron chi connectivity index (χ1n) is 4.41. The fraction of sp³-hybridized carbons (Fsp3) is 1.00. The summed E-state index contributed by atoms with van der Waals surface area (Å²) >= 11 is 0. The van der Waals surface area contributed by atoms with Gasteiger partial charge in [0.25, 0.3) is 0 Å². The maximum atomic E-state index is 7.12. The van der Waals surface area contributed by atoms with E-state index < -0.39 is 13.6 Å². The number of aliphatic hydroxyl groups is 4. The molecule has 6 N–H and O–H groups in total. The molecule has 1 saturated carbocycles. The molecule has 5 nitrogen and oxygen atoms in total. The molecule has 0 unspecified atom stereocenters. The summed E-state index contributed by atoms with van der Waals surface area (Å²) in [6.07, 6.45) is 6.66. The maximum absolute atomic E-state index is 7.12. The molecule has 0 saturated heterocycles. The molecule has 0 aromatic rings. The largest absolute Gasteiger partial charge is 0.371 e. The summed E-state index contributed by atoms with van der Waals surface area (Å²) < 4.78 is 0. The van der Waals surface area contributed by atoms with Gasteiger partial charge in [-0.15, -0.1) is 0 Å². The van der Waals surface area contributed by atoms with Crippen LogP contribution in [-0.4, -0.2) is 40.1 Å². The van der Waals surface area contributed by atoms with Crippen LogP contribution in [-0.2, 0) is 0 Å². The lowest BCUT2D eigenvalue weighted by Crippen LogP contribution is -2.22. The molecule has 0 heterocycles. The van der Waals surface area contributed by atoms with E-state index in [-0.39, 0.29) is 0 Å². The average Bonchev–Trinajstić information content (AvgIpc) is 2.08. The zero-order valence-electron chi connectivity index (χ0n) is 7.89. The zero-order chi connectivity index (χ0) is 10.5. The molecule has 1 aliphatic carbocycles. The number of hydrogen-bond donors (Lipinski definition) is 5. The molecular formula is C8H21NO4. The van der Waals surface area contributed by atoms with Crippen LogP contribution >= 0.6 is 0 Å². The highest BCUT2D eigenvalue weighted by Crippen LogP contribution is 2.14. The Kier molecular flexibility index (Phi) is 16.8. The van der Waals surface area contributed by atoms with E-state index in [0.29, 0.717) is 6.04 Å². The van der Waals surface area contributed by atoms with E-state index >= 15 is 0 Å². The summed E-state index contributed by atoms with van der Waals surface area (Å²) in [6.45, 7) is -1.50. The normalized spacial score (nSPS) is 16.4. The highest BCUT2D eigenvalue weighted by molar-refractivity contribution is 4.66. The topological polar surface area (TPSA) is 107 Å². The molecule has 0 spiro atoms. The lowest BCUT2D eigenvalue weighted by atomic mass is 9.97. The van der Waals surface area contributed by atoms with E-state index in [4.69, 9.17) is 26.2 Å². The molecule has 1 fully saturated rings. The van der Waals surface area contributed by atoms with Crippen LogP contribution in [0.15, 0.2) is 0 Å². The molecule has 1 rings (SSSR count). The molecule has 0 bridgehead atoms. The third-order valence-corrected chi connectivity index (χ3v) is 1.65. The first-order valence-corrected chi connectivity index (χ1v) is 4.41. The van der Waals surface area contributed by atoms with E-state index in [1.807, 2.05) is 0 Å². The Morgan fingerprint density at radius 3 is 1.31 bits per heavy atom. The highest BCUT2D eigenvalue weighted by Gasteiger charge is 2.06. The second-order valence-corrected chi connectivity index (χ2v) is 2.68. The number of nitrogens with two attached hydrogens (primary N) is 1. The third kappa shape index (κ3) is 18.6. The van der Waals surface area contributed by atoms with Gasteiger partial charge in [-0.1, -0.05) is 19.3 Å².